The molecule has 0 saturated carbocycles. The molecule has 0 aliphatic carbocycles. The smallest absolute Gasteiger partial charge is 0.298 e. The van der Waals surface area contributed by atoms with Gasteiger partial charge in [-0.2, -0.15) is 0 Å². The number of benzene rings is 1. The molecule has 0 bridgehead atoms. The number of anilines is 1. The molecule has 3 saturated heterocycles. The van der Waals surface area contributed by atoms with Gasteiger partial charge in [-0.15, -0.1) is 0 Å². The Bertz CT molecular complexity index is 2440. The summed E-state index contributed by atoms with van der Waals surface area (Å²) in [6.45, 7) is 23.8. The van der Waals surface area contributed by atoms with E-state index in [0.29, 0.717) is 26.2 Å². The number of amides is 4. The zero-order chi connectivity index (χ0) is 53.8. The Balaban J connectivity index is 0.000000271. The lowest BCUT2D eigenvalue weighted by molar-refractivity contribution is -0.154. The highest BCUT2D eigenvalue weighted by Crippen LogP contribution is 2.42. The van der Waals surface area contributed by atoms with Crippen LogP contribution in [0, 0.1) is 23.2 Å². The number of aromatic nitrogens is 2. The van der Waals surface area contributed by atoms with Gasteiger partial charge in [0.15, 0.2) is 5.67 Å². The molecule has 3 fully saturated rings. The van der Waals surface area contributed by atoms with Crippen LogP contribution in [-0.2, 0) is 51.1 Å². The Hall–Kier alpha value is -5.61. The van der Waals surface area contributed by atoms with Gasteiger partial charge in [-0.05, 0) is 116 Å². The van der Waals surface area contributed by atoms with E-state index in [1.54, 1.807) is 27.9 Å². The summed E-state index contributed by atoms with van der Waals surface area (Å²) in [7, 11) is 6.87. The molecule has 3 aliphatic heterocycles. The molecular weight excluding hydrogens is 934 g/mol. The summed E-state index contributed by atoms with van der Waals surface area (Å²) in [6.07, 6.45) is 3.94. The third-order valence-corrected chi connectivity index (χ3v) is 14.4. The van der Waals surface area contributed by atoms with Crippen molar-refractivity contribution < 1.29 is 42.6 Å². The predicted molar refractivity (Wildman–Crippen MR) is 282 cm³/mol. The number of nitrogens with zero attached hydrogens (tertiary/aromatic N) is 7. The molecule has 0 spiro atoms. The number of pyridine rings is 1. The number of carbonyl (C=O) groups is 5. The lowest BCUT2D eigenvalue weighted by Gasteiger charge is -2.39. The minimum Gasteiger partial charge on any atom is -0.467 e. The zero-order valence-electron chi connectivity index (χ0n) is 45.7. The molecule has 3 aromatic rings. The van der Waals surface area contributed by atoms with E-state index in [0.717, 1.165) is 74.0 Å². The first kappa shape index (κ1) is 58.3. The van der Waals surface area contributed by atoms with Crippen molar-refractivity contribution in [3.63, 3.8) is 0 Å². The minimum absolute atomic E-state index is 0.0545. The number of hydrogen-bond acceptors (Lipinski definition) is 12. The molecule has 2 aromatic heterocycles. The number of alkyl halides is 1. The van der Waals surface area contributed by atoms with Crippen molar-refractivity contribution in [2.45, 2.75) is 130 Å². The first-order valence-electron chi connectivity index (χ1n) is 25.8. The van der Waals surface area contributed by atoms with E-state index in [-0.39, 0.29) is 49.3 Å². The maximum Gasteiger partial charge on any atom is 0.298 e. The van der Waals surface area contributed by atoms with Gasteiger partial charge in [-0.1, -0.05) is 33.6 Å². The van der Waals surface area contributed by atoms with Crippen LogP contribution in [0.3, 0.4) is 0 Å². The standard InChI is InChI=1S/C28H37N3O4.C27H45FN6O4/c1-6-31-25-10-9-21(30-12-14-34-15-13-30)16-23(25)24(17-28(3,4)18-35-19-32)27(31)22-8-7-11-29-26(22)20(2)33-5;1-19(2)22(23(36)30-20(3)24(37)34-16-10-9-15-29-34)32(8)25(38)27(28)13-17-33(18-14-27)21(35)11-12-26(4,5)31(6)7/h7-11,16,19-20H,6,12-15,17-18H2,1-5H3;19-20,22,29H,9-10,13-18H2,1-8H3,(H,30,36). The van der Waals surface area contributed by atoms with Gasteiger partial charge in [0.2, 0.25) is 5.91 Å². The molecule has 3 atom stereocenters. The number of likely N-dealkylation sites (N-methyl/N-ethyl adjacent to an activating group) is 1. The highest BCUT2D eigenvalue weighted by molar-refractivity contribution is 5.96. The Kier molecular flexibility index (Phi) is 20.4. The van der Waals surface area contributed by atoms with E-state index in [1.807, 2.05) is 52.0 Å². The Morgan fingerprint density at radius 2 is 1.68 bits per heavy atom. The minimum atomic E-state index is -2.20. The lowest BCUT2D eigenvalue weighted by Crippen LogP contribution is -2.60. The third kappa shape index (κ3) is 14.4. The molecular formula is C55H82FN9O8. The van der Waals surface area contributed by atoms with Crippen molar-refractivity contribution in [1.29, 1.82) is 0 Å². The number of carbonyl (C=O) groups excluding carboxylic acids is 5. The Morgan fingerprint density at radius 1 is 1.00 bits per heavy atom. The van der Waals surface area contributed by atoms with Crippen molar-refractivity contribution in [2.24, 2.45) is 11.3 Å². The monoisotopic (exact) mass is 1020 g/mol. The summed E-state index contributed by atoms with van der Waals surface area (Å²) in [5, 5.41) is 5.44. The van der Waals surface area contributed by atoms with Crippen LogP contribution in [-0.4, -0.2) is 170 Å². The quantitative estimate of drug-likeness (QED) is 0.124. The number of nitrogens with one attached hydrogen (secondary N) is 2. The predicted octanol–water partition coefficient (Wildman–Crippen LogP) is 5.78. The third-order valence-electron chi connectivity index (χ3n) is 14.4. The molecule has 4 amide bonds. The topological polar surface area (TPSA) is 171 Å². The van der Waals surface area contributed by atoms with E-state index < -0.39 is 41.0 Å². The maximum absolute atomic E-state index is 15.9. The van der Waals surface area contributed by atoms with Gasteiger partial charge in [-0.3, -0.25) is 38.9 Å². The molecule has 18 heteroatoms. The van der Waals surface area contributed by atoms with Crippen LogP contribution in [0.2, 0.25) is 0 Å². The van der Waals surface area contributed by atoms with Crippen molar-refractivity contribution in [3.05, 3.63) is 47.8 Å². The molecule has 3 unspecified atom stereocenters. The molecule has 402 valence electrons. The second-order valence-corrected chi connectivity index (χ2v) is 21.3. The number of hydrazine groups is 1. The van der Waals surface area contributed by atoms with Crippen LogP contribution in [0.5, 0.6) is 0 Å². The molecule has 0 radical (unpaired) electrons. The van der Waals surface area contributed by atoms with Gasteiger partial charge >= 0.3 is 0 Å². The summed E-state index contributed by atoms with van der Waals surface area (Å²) in [6, 6.07) is 9.14. The number of methoxy groups -OCH3 is 1. The maximum atomic E-state index is 15.9. The van der Waals surface area contributed by atoms with Crippen LogP contribution >= 0.6 is 0 Å². The molecule has 3 aliphatic rings. The molecule has 1 aromatic carbocycles. The summed E-state index contributed by atoms with van der Waals surface area (Å²) in [4.78, 5) is 74.3. The number of halogens is 1. The van der Waals surface area contributed by atoms with E-state index in [2.05, 4.69) is 77.1 Å². The normalized spacial score (nSPS) is 17.5. The van der Waals surface area contributed by atoms with Crippen LogP contribution in [0.1, 0.15) is 105 Å². The number of hydrogen-bond donors (Lipinski definition) is 2. The van der Waals surface area contributed by atoms with Crippen molar-refractivity contribution in [2.75, 3.05) is 92.2 Å². The number of fused-ring (bicyclic) bond motifs is 1. The van der Waals surface area contributed by atoms with Crippen molar-refractivity contribution >= 4 is 46.7 Å². The molecule has 17 nitrogen and oxygen atoms in total. The van der Waals surface area contributed by atoms with Crippen LogP contribution in [0.4, 0.5) is 10.1 Å². The first-order chi connectivity index (χ1) is 34.5. The van der Waals surface area contributed by atoms with Gasteiger partial charge in [0.05, 0.1) is 42.9 Å². The average molecular weight is 1020 g/mol. The Labute approximate surface area is 432 Å². The molecule has 2 N–H and O–H groups in total. The van der Waals surface area contributed by atoms with Crippen molar-refractivity contribution in [3.8, 4) is 23.1 Å². The van der Waals surface area contributed by atoms with E-state index in [4.69, 9.17) is 19.2 Å². The second kappa shape index (κ2) is 25.6. The second-order valence-electron chi connectivity index (χ2n) is 21.3. The number of likely N-dealkylation sites (tertiary alicyclic amines) is 1. The number of morpholine rings is 1. The van der Waals surface area contributed by atoms with Crippen LogP contribution < -0.4 is 15.6 Å². The number of piperidine rings is 1. The number of rotatable bonds is 17. The average Bonchev–Trinajstić information content (AvgIpc) is 3.68. The number of ether oxygens (including phenoxy) is 3. The SMILES string of the molecule is CC(NC(=O)C(C(C)C)N(C)C(=O)C1(F)CCN(C(=O)C#CC(C)(C)N(C)C)CC1)C(=O)N1CCCCN1.CCn1c(-c2cccnc2C(C)OC)c(CC(C)(C)COC=O)c2cc(N3CCOCC3)ccc21. The van der Waals surface area contributed by atoms with Gasteiger partial charge in [0.1, 0.15) is 12.1 Å². The number of aryl methyl sites for hydroxylation is 1. The van der Waals surface area contributed by atoms with Gasteiger partial charge < -0.3 is 38.8 Å². The first-order valence-corrected chi connectivity index (χ1v) is 25.8. The van der Waals surface area contributed by atoms with Gasteiger partial charge in [0.25, 0.3) is 24.2 Å². The van der Waals surface area contributed by atoms with Crippen LogP contribution in [0.15, 0.2) is 36.5 Å². The Morgan fingerprint density at radius 3 is 2.27 bits per heavy atom. The molecule has 73 heavy (non-hydrogen) atoms. The van der Waals surface area contributed by atoms with E-state index in [9.17, 15) is 24.0 Å². The highest BCUT2D eigenvalue weighted by Gasteiger charge is 2.47. The molecule has 6 rings (SSSR count). The summed E-state index contributed by atoms with van der Waals surface area (Å²) >= 11 is 0. The fourth-order valence-corrected chi connectivity index (χ4v) is 9.60. The largest absolute Gasteiger partial charge is 0.467 e. The molecule has 5 heterocycles. The van der Waals surface area contributed by atoms with E-state index in [1.165, 1.54) is 39.1 Å². The van der Waals surface area contributed by atoms with Gasteiger partial charge in [-0.25, -0.2) is 9.82 Å². The summed E-state index contributed by atoms with van der Waals surface area (Å²) < 4.78 is 34.7. The van der Waals surface area contributed by atoms with Gasteiger partial charge in [0, 0.05) is 107 Å². The van der Waals surface area contributed by atoms with Crippen LogP contribution in [0.25, 0.3) is 22.2 Å². The zero-order valence-corrected chi connectivity index (χ0v) is 45.7. The fraction of sp³-hybridized carbons (Fsp3) is 0.636. The fourth-order valence-electron chi connectivity index (χ4n) is 9.60. The summed E-state index contributed by atoms with van der Waals surface area (Å²) in [5.41, 5.74) is 6.90. The highest BCUT2D eigenvalue weighted by atomic mass is 19.1. The summed E-state index contributed by atoms with van der Waals surface area (Å²) in [5.74, 6) is 3.30. The lowest BCUT2D eigenvalue weighted by atomic mass is 9.84. The van der Waals surface area contributed by atoms with E-state index >= 15 is 4.39 Å². The van der Waals surface area contributed by atoms with Crippen molar-refractivity contribution in [1.82, 2.24) is 40.0 Å².